The molecule has 0 spiro atoms. The van der Waals surface area contributed by atoms with Crippen LogP contribution >= 0.6 is 6.49 Å². The van der Waals surface area contributed by atoms with Gasteiger partial charge in [-0.05, 0) is 25.7 Å². The first-order chi connectivity index (χ1) is 5.18. The van der Waals surface area contributed by atoms with Crippen LogP contribution in [0.3, 0.4) is 0 Å². The van der Waals surface area contributed by atoms with Crippen molar-refractivity contribution < 1.29 is 14.2 Å². The fourth-order valence-electron chi connectivity index (χ4n) is 0.682. The third-order valence-electron chi connectivity index (χ3n) is 1.03. The Labute approximate surface area is 72.9 Å². The second kappa shape index (κ2) is 6.09. The molecular formula is C6H15O3PS. The summed E-state index contributed by atoms with van der Waals surface area (Å²) in [5.74, 6) is 0. The predicted octanol–water partition coefficient (Wildman–Crippen LogP) is 1.36. The van der Waals surface area contributed by atoms with E-state index in [0.29, 0.717) is 19.4 Å². The van der Waals surface area contributed by atoms with Gasteiger partial charge in [-0.15, -0.1) is 0 Å². The van der Waals surface area contributed by atoms with Gasteiger partial charge >= 0.3 is 0 Å². The highest BCUT2D eigenvalue weighted by Gasteiger charge is 2.15. The molecule has 0 heterocycles. The third-order valence-corrected chi connectivity index (χ3v) is 4.26. The minimum atomic E-state index is -2.14. The van der Waals surface area contributed by atoms with E-state index in [1.807, 2.05) is 13.8 Å². The van der Waals surface area contributed by atoms with Crippen molar-refractivity contribution in [1.29, 1.82) is 0 Å². The second-order valence-corrected chi connectivity index (χ2v) is 5.75. The first-order valence-electron chi connectivity index (χ1n) is 3.67. The van der Waals surface area contributed by atoms with Gasteiger partial charge in [-0.1, -0.05) is 0 Å². The molecule has 0 saturated carbocycles. The molecule has 11 heavy (non-hydrogen) atoms. The van der Waals surface area contributed by atoms with Crippen molar-refractivity contribution in [3.63, 3.8) is 0 Å². The van der Waals surface area contributed by atoms with Crippen LogP contribution in [0, 0.1) is 0 Å². The highest BCUT2D eigenvalue weighted by molar-refractivity contribution is 8.09. The van der Waals surface area contributed by atoms with Gasteiger partial charge in [-0.25, -0.2) is 0 Å². The first-order valence-corrected chi connectivity index (χ1v) is 6.50. The van der Waals surface area contributed by atoms with Crippen molar-refractivity contribution in [1.82, 2.24) is 0 Å². The summed E-state index contributed by atoms with van der Waals surface area (Å²) in [6.07, 6.45) is 0.448. The van der Waals surface area contributed by atoms with Gasteiger partial charge in [0.15, 0.2) is 6.49 Å². The van der Waals surface area contributed by atoms with Gasteiger partial charge in [0.25, 0.3) is 0 Å². The summed E-state index contributed by atoms with van der Waals surface area (Å²) in [5, 5.41) is 8.66. The first kappa shape index (κ1) is 11.5. The Bertz CT molecular complexity index is 116. The van der Waals surface area contributed by atoms with Gasteiger partial charge in [0.2, 0.25) is 0 Å². The van der Waals surface area contributed by atoms with E-state index in [0.717, 1.165) is 0 Å². The van der Waals surface area contributed by atoms with Crippen molar-refractivity contribution in [2.75, 3.05) is 26.0 Å². The largest absolute Gasteiger partial charge is 0.396 e. The molecule has 0 atom stereocenters. The van der Waals surface area contributed by atoms with Gasteiger partial charge in [0.1, 0.15) is 0 Å². The topological polar surface area (TPSA) is 38.7 Å². The minimum Gasteiger partial charge on any atom is -0.396 e. The fourth-order valence-corrected chi connectivity index (χ4v) is 2.92. The van der Waals surface area contributed by atoms with E-state index in [4.69, 9.17) is 26.0 Å². The van der Waals surface area contributed by atoms with Gasteiger partial charge < -0.3 is 14.2 Å². The van der Waals surface area contributed by atoms with Crippen LogP contribution < -0.4 is 0 Å². The van der Waals surface area contributed by atoms with E-state index < -0.39 is 6.49 Å². The molecule has 1 N–H and O–H groups in total. The highest BCUT2D eigenvalue weighted by atomic mass is 32.5. The van der Waals surface area contributed by atoms with Gasteiger partial charge in [-0.2, -0.15) is 0 Å². The van der Waals surface area contributed by atoms with Crippen molar-refractivity contribution in [2.45, 2.75) is 13.8 Å². The van der Waals surface area contributed by atoms with Crippen LogP contribution in [-0.2, 0) is 20.9 Å². The maximum atomic E-state index is 8.66. The standard InChI is InChI=1S/C6H15O3PS/c1-3-8-10(11,6-5-7)9-4-2/h7H,3-6H2,1-2H3. The van der Waals surface area contributed by atoms with Crippen LogP contribution in [0.5, 0.6) is 0 Å². The summed E-state index contributed by atoms with van der Waals surface area (Å²) >= 11 is 5.11. The molecule has 0 radical (unpaired) electrons. The molecule has 0 aliphatic carbocycles. The number of rotatable bonds is 6. The van der Waals surface area contributed by atoms with E-state index >= 15 is 0 Å². The molecule has 5 heteroatoms. The summed E-state index contributed by atoms with van der Waals surface area (Å²) in [6.45, 7) is 2.75. The Morgan fingerprint density at radius 2 is 1.73 bits per heavy atom. The van der Waals surface area contributed by atoms with Crippen molar-refractivity contribution in [3.05, 3.63) is 0 Å². The maximum Gasteiger partial charge on any atom is 0.190 e. The smallest absolute Gasteiger partial charge is 0.190 e. The summed E-state index contributed by atoms with van der Waals surface area (Å²) in [6, 6.07) is 0. The third kappa shape index (κ3) is 4.88. The zero-order valence-corrected chi connectivity index (χ0v) is 8.66. The Kier molecular flexibility index (Phi) is 6.38. The normalized spacial score (nSPS) is 11.9. The maximum absolute atomic E-state index is 8.66. The van der Waals surface area contributed by atoms with E-state index in [-0.39, 0.29) is 6.61 Å². The Hall–Kier alpha value is 0.530. The van der Waals surface area contributed by atoms with Crippen molar-refractivity contribution in [3.8, 4) is 0 Å². The lowest BCUT2D eigenvalue weighted by Gasteiger charge is -2.19. The Morgan fingerprint density at radius 3 is 2.00 bits per heavy atom. The van der Waals surface area contributed by atoms with Crippen LogP contribution in [0.1, 0.15) is 13.8 Å². The molecule has 0 saturated heterocycles. The van der Waals surface area contributed by atoms with Crippen LogP contribution in [0.25, 0.3) is 0 Å². The molecule has 0 fully saturated rings. The lowest BCUT2D eigenvalue weighted by atomic mass is 10.9. The molecule has 0 unspecified atom stereocenters. The van der Waals surface area contributed by atoms with Crippen molar-refractivity contribution >= 4 is 18.3 Å². The highest BCUT2D eigenvalue weighted by Crippen LogP contribution is 2.47. The SMILES string of the molecule is CCOP(=S)(CCO)OCC. The molecule has 0 aromatic carbocycles. The second-order valence-electron chi connectivity index (χ2n) is 1.89. The lowest BCUT2D eigenvalue weighted by Crippen LogP contribution is -2.02. The lowest BCUT2D eigenvalue weighted by molar-refractivity contribution is 0.252. The summed E-state index contributed by atoms with van der Waals surface area (Å²) in [5.41, 5.74) is 0. The zero-order chi connectivity index (χ0) is 8.74. The molecular weight excluding hydrogens is 183 g/mol. The minimum absolute atomic E-state index is 0.0390. The molecule has 0 aromatic heterocycles. The van der Waals surface area contributed by atoms with Crippen LogP contribution in [0.15, 0.2) is 0 Å². The Balaban J connectivity index is 3.91. The molecule has 0 amide bonds. The van der Waals surface area contributed by atoms with E-state index in [1.165, 1.54) is 0 Å². The van der Waals surface area contributed by atoms with Crippen molar-refractivity contribution in [2.24, 2.45) is 0 Å². The Morgan fingerprint density at radius 1 is 1.27 bits per heavy atom. The van der Waals surface area contributed by atoms with Gasteiger partial charge in [0.05, 0.1) is 19.8 Å². The number of aliphatic hydroxyl groups is 1. The van der Waals surface area contributed by atoms with E-state index in [9.17, 15) is 0 Å². The molecule has 0 bridgehead atoms. The quantitative estimate of drug-likeness (QED) is 0.654. The van der Waals surface area contributed by atoms with Gasteiger partial charge in [0, 0.05) is 6.16 Å². The number of hydrogen-bond acceptors (Lipinski definition) is 4. The van der Waals surface area contributed by atoms with Crippen LogP contribution in [0.4, 0.5) is 0 Å². The van der Waals surface area contributed by atoms with Crippen LogP contribution in [0.2, 0.25) is 0 Å². The summed E-state index contributed by atoms with van der Waals surface area (Å²) in [4.78, 5) is 0. The zero-order valence-electron chi connectivity index (χ0n) is 6.95. The molecule has 3 nitrogen and oxygen atoms in total. The predicted molar refractivity (Wildman–Crippen MR) is 49.5 cm³/mol. The van der Waals surface area contributed by atoms with E-state index in [2.05, 4.69) is 0 Å². The summed E-state index contributed by atoms with van der Waals surface area (Å²) in [7, 11) is 0. The van der Waals surface area contributed by atoms with Crippen LogP contribution in [-0.4, -0.2) is 31.1 Å². The average Bonchev–Trinajstić information content (AvgIpc) is 1.88. The molecule has 0 rings (SSSR count). The molecule has 0 aliphatic rings. The molecule has 0 aliphatic heterocycles. The molecule has 0 aromatic rings. The van der Waals surface area contributed by atoms with Gasteiger partial charge in [-0.3, -0.25) is 0 Å². The fraction of sp³-hybridized carbons (Fsp3) is 1.00. The van der Waals surface area contributed by atoms with E-state index in [1.54, 1.807) is 0 Å². The monoisotopic (exact) mass is 198 g/mol. The average molecular weight is 198 g/mol. The summed E-state index contributed by atoms with van der Waals surface area (Å²) < 4.78 is 10.5. The molecule has 68 valence electrons. The number of aliphatic hydroxyl groups excluding tert-OH is 1. The number of hydrogen-bond donors (Lipinski definition) is 1.